The first kappa shape index (κ1) is 22.3. The second-order valence-corrected chi connectivity index (χ2v) is 8.76. The maximum atomic E-state index is 14.5. The Kier molecular flexibility index (Phi) is 5.73. The number of carbonyl (C=O) groups excluding carboxylic acids is 1. The molecule has 2 aromatic heterocycles. The maximum Gasteiger partial charge on any atom is 0.253 e. The molecule has 1 aliphatic carbocycles. The van der Waals surface area contributed by atoms with Crippen LogP contribution in [0.2, 0.25) is 0 Å². The van der Waals surface area contributed by atoms with Crippen LogP contribution in [-0.4, -0.2) is 27.5 Å². The lowest BCUT2D eigenvalue weighted by Crippen LogP contribution is -2.42. The quantitative estimate of drug-likeness (QED) is 0.497. The minimum absolute atomic E-state index is 0.162. The molecule has 170 valence electrons. The van der Waals surface area contributed by atoms with Crippen molar-refractivity contribution in [3.05, 3.63) is 58.9 Å². The van der Waals surface area contributed by atoms with Gasteiger partial charge in [0.05, 0.1) is 28.0 Å². The second-order valence-electron chi connectivity index (χ2n) is 8.76. The maximum absolute atomic E-state index is 14.5. The lowest BCUT2D eigenvalue weighted by Gasteiger charge is -2.29. The Morgan fingerprint density at radius 1 is 1.16 bits per heavy atom. The number of rotatable bonds is 4. The Bertz CT molecular complexity index is 1170. The number of halogens is 4. The Hall–Kier alpha value is -2.90. The zero-order valence-corrected chi connectivity index (χ0v) is 18.2. The SMILES string of the molecule is Cc1nn2c(C(C)C)c(C(=O)NC3CCCC(F)(F)C3)ccc2c1-c1c(F)cccc1F. The van der Waals surface area contributed by atoms with Crippen molar-refractivity contribution in [3.63, 3.8) is 0 Å². The molecule has 0 bridgehead atoms. The number of nitrogens with one attached hydrogen (secondary N) is 1. The van der Waals surface area contributed by atoms with Gasteiger partial charge >= 0.3 is 0 Å². The van der Waals surface area contributed by atoms with Crippen molar-refractivity contribution in [2.24, 2.45) is 0 Å². The smallest absolute Gasteiger partial charge is 0.253 e. The molecule has 1 atom stereocenters. The largest absolute Gasteiger partial charge is 0.349 e. The predicted molar refractivity (Wildman–Crippen MR) is 114 cm³/mol. The van der Waals surface area contributed by atoms with E-state index in [4.69, 9.17) is 0 Å². The molecule has 2 heterocycles. The molecule has 3 aromatic rings. The van der Waals surface area contributed by atoms with Gasteiger partial charge in [0, 0.05) is 24.4 Å². The van der Waals surface area contributed by atoms with Crippen LogP contribution < -0.4 is 5.32 Å². The van der Waals surface area contributed by atoms with Crippen molar-refractivity contribution in [1.82, 2.24) is 14.9 Å². The summed E-state index contributed by atoms with van der Waals surface area (Å²) in [7, 11) is 0. The number of fused-ring (bicyclic) bond motifs is 1. The zero-order chi connectivity index (χ0) is 23.2. The van der Waals surface area contributed by atoms with Crippen LogP contribution in [0.25, 0.3) is 16.6 Å². The van der Waals surface area contributed by atoms with E-state index in [2.05, 4.69) is 10.4 Å². The summed E-state index contributed by atoms with van der Waals surface area (Å²) < 4.78 is 58.1. The molecular weight excluding hydrogens is 422 g/mol. The zero-order valence-electron chi connectivity index (χ0n) is 18.2. The first-order valence-corrected chi connectivity index (χ1v) is 10.7. The summed E-state index contributed by atoms with van der Waals surface area (Å²) in [5.41, 5.74) is 1.90. The second kappa shape index (κ2) is 8.22. The highest BCUT2D eigenvalue weighted by Crippen LogP contribution is 2.36. The average molecular weight is 447 g/mol. The summed E-state index contributed by atoms with van der Waals surface area (Å²) in [4.78, 5) is 13.0. The van der Waals surface area contributed by atoms with Crippen LogP contribution >= 0.6 is 0 Å². The Morgan fingerprint density at radius 2 is 1.84 bits per heavy atom. The molecule has 1 unspecified atom stereocenters. The van der Waals surface area contributed by atoms with Gasteiger partial charge in [0.25, 0.3) is 5.91 Å². The van der Waals surface area contributed by atoms with E-state index in [9.17, 15) is 22.4 Å². The molecule has 32 heavy (non-hydrogen) atoms. The molecule has 1 amide bonds. The molecular formula is C24H25F4N3O. The fourth-order valence-corrected chi connectivity index (χ4v) is 4.60. The van der Waals surface area contributed by atoms with Crippen LogP contribution in [0.4, 0.5) is 17.6 Å². The average Bonchev–Trinajstić information content (AvgIpc) is 3.02. The standard InChI is InChI=1S/C24H25F4N3O/c1-13(2)22-16(23(32)29-15-6-5-11-24(27,28)12-15)9-10-19-20(14(3)30-31(19)22)21-17(25)7-4-8-18(21)26/h4,7-10,13,15H,5-6,11-12H2,1-3H3,(H,29,32). The van der Waals surface area contributed by atoms with Crippen molar-refractivity contribution in [1.29, 1.82) is 0 Å². The van der Waals surface area contributed by atoms with Gasteiger partial charge in [0.15, 0.2) is 0 Å². The van der Waals surface area contributed by atoms with E-state index in [0.717, 1.165) is 0 Å². The molecule has 1 fully saturated rings. The van der Waals surface area contributed by atoms with Gasteiger partial charge in [-0.2, -0.15) is 5.10 Å². The number of aromatic nitrogens is 2. The normalized spacial score (nSPS) is 18.3. The lowest BCUT2D eigenvalue weighted by molar-refractivity contribution is -0.0429. The Balaban J connectivity index is 1.79. The van der Waals surface area contributed by atoms with Gasteiger partial charge in [0.1, 0.15) is 11.6 Å². The van der Waals surface area contributed by atoms with Crippen molar-refractivity contribution in [2.75, 3.05) is 0 Å². The first-order chi connectivity index (χ1) is 15.1. The molecule has 8 heteroatoms. The molecule has 4 rings (SSSR count). The number of pyridine rings is 1. The summed E-state index contributed by atoms with van der Waals surface area (Å²) in [6.45, 7) is 5.41. The summed E-state index contributed by atoms with van der Waals surface area (Å²) >= 11 is 0. The molecule has 4 nitrogen and oxygen atoms in total. The van der Waals surface area contributed by atoms with E-state index in [1.165, 1.54) is 22.7 Å². The van der Waals surface area contributed by atoms with E-state index in [0.29, 0.717) is 40.9 Å². The highest BCUT2D eigenvalue weighted by Gasteiger charge is 2.37. The van der Waals surface area contributed by atoms with Crippen molar-refractivity contribution < 1.29 is 22.4 Å². The monoisotopic (exact) mass is 447 g/mol. The number of hydrogen-bond donors (Lipinski definition) is 1. The Morgan fingerprint density at radius 3 is 2.47 bits per heavy atom. The number of alkyl halides is 2. The van der Waals surface area contributed by atoms with E-state index in [1.807, 2.05) is 13.8 Å². The van der Waals surface area contributed by atoms with Gasteiger partial charge < -0.3 is 5.32 Å². The molecule has 1 saturated carbocycles. The number of nitrogens with zero attached hydrogens (tertiary/aromatic N) is 2. The summed E-state index contributed by atoms with van der Waals surface area (Å²) in [5, 5.41) is 7.23. The number of aryl methyl sites for hydroxylation is 1. The minimum Gasteiger partial charge on any atom is -0.349 e. The third kappa shape index (κ3) is 3.98. The van der Waals surface area contributed by atoms with Gasteiger partial charge in [-0.1, -0.05) is 19.9 Å². The fourth-order valence-electron chi connectivity index (χ4n) is 4.60. The fraction of sp³-hybridized carbons (Fsp3) is 0.417. The van der Waals surface area contributed by atoms with Crippen LogP contribution in [0.5, 0.6) is 0 Å². The van der Waals surface area contributed by atoms with Gasteiger partial charge in [-0.3, -0.25) is 4.79 Å². The third-order valence-electron chi connectivity index (χ3n) is 5.99. The van der Waals surface area contributed by atoms with Gasteiger partial charge in [-0.25, -0.2) is 22.1 Å². The third-order valence-corrected chi connectivity index (χ3v) is 5.99. The highest BCUT2D eigenvalue weighted by atomic mass is 19.3. The molecule has 0 spiro atoms. The number of carbonyl (C=O) groups is 1. The van der Waals surface area contributed by atoms with Crippen LogP contribution in [0.1, 0.15) is 67.2 Å². The molecule has 0 aliphatic heterocycles. The van der Waals surface area contributed by atoms with E-state index >= 15 is 0 Å². The number of amides is 1. The topological polar surface area (TPSA) is 46.4 Å². The van der Waals surface area contributed by atoms with Crippen LogP contribution in [0, 0.1) is 18.6 Å². The van der Waals surface area contributed by atoms with Crippen LogP contribution in [-0.2, 0) is 0 Å². The van der Waals surface area contributed by atoms with Crippen molar-refractivity contribution in [2.45, 2.75) is 64.3 Å². The van der Waals surface area contributed by atoms with Gasteiger partial charge in [-0.15, -0.1) is 0 Å². The minimum atomic E-state index is -2.78. The lowest BCUT2D eigenvalue weighted by atomic mass is 9.91. The van der Waals surface area contributed by atoms with Crippen LogP contribution in [0.15, 0.2) is 30.3 Å². The van der Waals surface area contributed by atoms with E-state index in [1.54, 1.807) is 19.1 Å². The number of benzene rings is 1. The molecule has 0 radical (unpaired) electrons. The van der Waals surface area contributed by atoms with Crippen LogP contribution in [0.3, 0.4) is 0 Å². The summed E-state index contributed by atoms with van der Waals surface area (Å²) in [6.07, 6.45) is 0.308. The number of hydrogen-bond acceptors (Lipinski definition) is 2. The summed E-state index contributed by atoms with van der Waals surface area (Å²) in [5.74, 6) is -4.79. The highest BCUT2D eigenvalue weighted by molar-refractivity contribution is 5.97. The predicted octanol–water partition coefficient (Wildman–Crippen LogP) is 6.02. The van der Waals surface area contributed by atoms with Gasteiger partial charge in [0.2, 0.25) is 5.92 Å². The first-order valence-electron chi connectivity index (χ1n) is 10.7. The molecule has 1 aliphatic rings. The Labute approximate surface area is 183 Å². The van der Waals surface area contributed by atoms with Crippen molar-refractivity contribution >= 4 is 11.4 Å². The molecule has 1 N–H and O–H groups in total. The molecule has 0 saturated heterocycles. The van der Waals surface area contributed by atoms with E-state index < -0.39 is 29.5 Å². The molecule has 1 aromatic carbocycles. The van der Waals surface area contributed by atoms with E-state index in [-0.39, 0.29) is 24.3 Å². The van der Waals surface area contributed by atoms with Gasteiger partial charge in [-0.05, 0) is 49.9 Å². The van der Waals surface area contributed by atoms with Crippen molar-refractivity contribution in [3.8, 4) is 11.1 Å². The summed E-state index contributed by atoms with van der Waals surface area (Å²) in [6, 6.07) is 6.23.